The quantitative estimate of drug-likeness (QED) is 0.329. The highest BCUT2D eigenvalue weighted by atomic mass is 127. The maximum Gasteiger partial charge on any atom is 0.242 e. The van der Waals surface area contributed by atoms with Gasteiger partial charge < -0.3 is 16.0 Å². The van der Waals surface area contributed by atoms with Crippen LogP contribution in [-0.2, 0) is 11.3 Å². The minimum absolute atomic E-state index is 0. The molecule has 22 heavy (non-hydrogen) atoms. The summed E-state index contributed by atoms with van der Waals surface area (Å²) in [5, 5.41) is 9.23. The molecule has 1 heterocycles. The van der Waals surface area contributed by atoms with E-state index in [0.29, 0.717) is 12.5 Å². The first-order valence-corrected chi connectivity index (χ1v) is 8.48. The van der Waals surface area contributed by atoms with Crippen LogP contribution in [-0.4, -0.2) is 30.5 Å². The van der Waals surface area contributed by atoms with Gasteiger partial charge in [0.25, 0.3) is 0 Å². The van der Waals surface area contributed by atoms with E-state index in [2.05, 4.69) is 42.9 Å². The van der Waals surface area contributed by atoms with E-state index in [9.17, 15) is 4.79 Å². The fraction of sp³-hybridized carbons (Fsp3) is 0.571. The number of hydrogen-bond donors (Lipinski definition) is 3. The highest BCUT2D eigenvalue weighted by Crippen LogP contribution is 2.21. The van der Waals surface area contributed by atoms with E-state index in [0.717, 1.165) is 10.3 Å². The number of rotatable bonds is 5. The smallest absolute Gasteiger partial charge is 0.242 e. The van der Waals surface area contributed by atoms with E-state index >= 15 is 0 Å². The van der Waals surface area contributed by atoms with Gasteiger partial charge in [-0.25, -0.2) is 4.99 Å². The zero-order chi connectivity index (χ0) is 15.9. The van der Waals surface area contributed by atoms with Crippen molar-refractivity contribution in [3.8, 4) is 0 Å². The zero-order valence-corrected chi connectivity index (χ0v) is 18.1. The van der Waals surface area contributed by atoms with Crippen LogP contribution in [0.4, 0.5) is 0 Å². The van der Waals surface area contributed by atoms with Crippen molar-refractivity contribution in [2.45, 2.75) is 39.8 Å². The normalized spacial score (nSPS) is 11.6. The Balaban J connectivity index is 0.00000441. The molecule has 3 N–H and O–H groups in total. The monoisotopic (exact) mass is 502 g/mol. The summed E-state index contributed by atoms with van der Waals surface area (Å²) in [4.78, 5) is 17.3. The number of carbonyl (C=O) groups excluding carboxylic acids is 1. The average molecular weight is 503 g/mol. The number of thiophene rings is 1. The predicted octanol–water partition coefficient (Wildman–Crippen LogP) is 3.10. The van der Waals surface area contributed by atoms with Crippen LogP contribution in [0.2, 0.25) is 0 Å². The van der Waals surface area contributed by atoms with Gasteiger partial charge in [-0.05, 0) is 55.8 Å². The maximum atomic E-state index is 11.8. The molecule has 0 fully saturated rings. The highest BCUT2D eigenvalue weighted by molar-refractivity contribution is 14.0. The van der Waals surface area contributed by atoms with Crippen molar-refractivity contribution in [2.75, 3.05) is 13.1 Å². The van der Waals surface area contributed by atoms with E-state index in [1.54, 1.807) is 11.3 Å². The molecular weight excluding hydrogens is 479 g/mol. The Morgan fingerprint density at radius 2 is 2.00 bits per heavy atom. The minimum Gasteiger partial charge on any atom is -0.357 e. The number of guanidine groups is 1. The minimum atomic E-state index is -0.234. The predicted molar refractivity (Wildman–Crippen MR) is 108 cm³/mol. The molecule has 1 amide bonds. The lowest BCUT2D eigenvalue weighted by Crippen LogP contribution is -2.43. The Hall–Kier alpha value is -0.350. The summed E-state index contributed by atoms with van der Waals surface area (Å²) in [6.07, 6.45) is 0. The topological polar surface area (TPSA) is 65.5 Å². The van der Waals surface area contributed by atoms with Crippen molar-refractivity contribution in [1.29, 1.82) is 0 Å². The molecule has 5 nitrogen and oxygen atoms in total. The lowest BCUT2D eigenvalue weighted by molar-refractivity contribution is -0.121. The van der Waals surface area contributed by atoms with Crippen LogP contribution in [0.5, 0.6) is 0 Å². The molecule has 0 bridgehead atoms. The summed E-state index contributed by atoms with van der Waals surface area (Å²) in [5.41, 5.74) is -0.234. The van der Waals surface area contributed by atoms with Crippen LogP contribution < -0.4 is 16.0 Å². The number of carbonyl (C=O) groups is 1. The number of halogens is 2. The first-order valence-electron chi connectivity index (χ1n) is 6.87. The standard InChI is InChI=1S/C14H23BrN4OS.HI/c1-5-16-13(17-8-10-6-7-11(15)21-10)18-9-12(20)19-14(2,3)4;/h6-7H,5,8-9H2,1-4H3,(H,19,20)(H2,16,17,18);1H. The number of hydrogen-bond acceptors (Lipinski definition) is 3. The largest absolute Gasteiger partial charge is 0.357 e. The maximum absolute atomic E-state index is 11.8. The summed E-state index contributed by atoms with van der Waals surface area (Å²) in [7, 11) is 0. The summed E-state index contributed by atoms with van der Waals surface area (Å²) in [6, 6.07) is 4.07. The van der Waals surface area contributed by atoms with Crippen LogP contribution in [0.25, 0.3) is 0 Å². The number of amides is 1. The van der Waals surface area contributed by atoms with Gasteiger partial charge in [0, 0.05) is 17.0 Å². The SMILES string of the molecule is CCNC(=NCC(=O)NC(C)(C)C)NCc1ccc(Br)s1.I. The van der Waals surface area contributed by atoms with Crippen LogP contribution >= 0.6 is 51.2 Å². The Kier molecular flexibility index (Phi) is 10.3. The number of aliphatic imine (C=N–C) groups is 1. The zero-order valence-electron chi connectivity index (χ0n) is 13.3. The molecule has 1 rings (SSSR count). The van der Waals surface area contributed by atoms with Crippen molar-refractivity contribution in [3.63, 3.8) is 0 Å². The van der Waals surface area contributed by atoms with Gasteiger partial charge in [-0.1, -0.05) is 0 Å². The second-order valence-electron chi connectivity index (χ2n) is 5.55. The molecule has 0 atom stereocenters. The lowest BCUT2D eigenvalue weighted by atomic mass is 10.1. The third-order valence-electron chi connectivity index (χ3n) is 2.30. The second kappa shape index (κ2) is 10.4. The molecular formula is C14H24BrIN4OS. The summed E-state index contributed by atoms with van der Waals surface area (Å²) >= 11 is 5.11. The molecule has 0 unspecified atom stereocenters. The molecule has 1 aromatic rings. The average Bonchev–Trinajstić information content (AvgIpc) is 2.76. The van der Waals surface area contributed by atoms with E-state index in [-0.39, 0.29) is 42.0 Å². The molecule has 0 aromatic carbocycles. The van der Waals surface area contributed by atoms with Crippen LogP contribution in [0, 0.1) is 0 Å². The Labute approximate surface area is 161 Å². The summed E-state index contributed by atoms with van der Waals surface area (Å²) < 4.78 is 1.10. The molecule has 0 aliphatic rings. The highest BCUT2D eigenvalue weighted by Gasteiger charge is 2.13. The fourth-order valence-corrected chi connectivity index (χ4v) is 2.99. The number of nitrogens with one attached hydrogen (secondary N) is 3. The van der Waals surface area contributed by atoms with Crippen LogP contribution in [0.1, 0.15) is 32.6 Å². The fourth-order valence-electron chi connectivity index (χ4n) is 1.57. The molecule has 0 spiro atoms. The molecule has 8 heteroatoms. The molecule has 126 valence electrons. The first-order chi connectivity index (χ1) is 9.80. The van der Waals surface area contributed by atoms with Crippen LogP contribution in [0.15, 0.2) is 20.9 Å². The van der Waals surface area contributed by atoms with Crippen molar-refractivity contribution in [1.82, 2.24) is 16.0 Å². The molecule has 0 aliphatic heterocycles. The van der Waals surface area contributed by atoms with Gasteiger partial charge >= 0.3 is 0 Å². The van der Waals surface area contributed by atoms with E-state index in [4.69, 9.17) is 0 Å². The Morgan fingerprint density at radius 1 is 1.32 bits per heavy atom. The van der Waals surface area contributed by atoms with Crippen LogP contribution in [0.3, 0.4) is 0 Å². The van der Waals surface area contributed by atoms with Gasteiger partial charge in [0.05, 0.1) is 10.3 Å². The number of nitrogens with zero attached hydrogens (tertiary/aromatic N) is 1. The summed E-state index contributed by atoms with van der Waals surface area (Å²) in [6.45, 7) is 9.39. The second-order valence-corrected chi connectivity index (χ2v) is 8.10. The Bertz CT molecular complexity index is 499. The van der Waals surface area contributed by atoms with Gasteiger partial charge in [-0.2, -0.15) is 0 Å². The third-order valence-corrected chi connectivity index (χ3v) is 3.92. The van der Waals surface area contributed by atoms with Crippen molar-refractivity contribution >= 4 is 63.1 Å². The van der Waals surface area contributed by atoms with Gasteiger partial charge in [0.2, 0.25) is 5.91 Å². The van der Waals surface area contributed by atoms with E-state index in [1.807, 2.05) is 33.8 Å². The van der Waals surface area contributed by atoms with Crippen molar-refractivity contribution in [3.05, 3.63) is 20.8 Å². The lowest BCUT2D eigenvalue weighted by Gasteiger charge is -2.20. The van der Waals surface area contributed by atoms with Crippen molar-refractivity contribution < 1.29 is 4.79 Å². The molecule has 0 saturated carbocycles. The first kappa shape index (κ1) is 21.6. The van der Waals surface area contributed by atoms with Gasteiger partial charge in [-0.3, -0.25) is 4.79 Å². The van der Waals surface area contributed by atoms with E-state index < -0.39 is 0 Å². The Morgan fingerprint density at radius 3 is 2.50 bits per heavy atom. The van der Waals surface area contributed by atoms with Gasteiger partial charge in [-0.15, -0.1) is 35.3 Å². The molecule has 0 aliphatic carbocycles. The van der Waals surface area contributed by atoms with Gasteiger partial charge in [0.15, 0.2) is 5.96 Å². The van der Waals surface area contributed by atoms with E-state index in [1.165, 1.54) is 4.88 Å². The molecule has 1 aromatic heterocycles. The van der Waals surface area contributed by atoms with Gasteiger partial charge in [0.1, 0.15) is 6.54 Å². The summed E-state index contributed by atoms with van der Waals surface area (Å²) in [5.74, 6) is 0.560. The third kappa shape index (κ3) is 9.62. The van der Waals surface area contributed by atoms with Crippen molar-refractivity contribution in [2.24, 2.45) is 4.99 Å². The molecule has 0 radical (unpaired) electrons. The molecule has 0 saturated heterocycles.